The number of rotatable bonds is 3. The Balaban J connectivity index is 4.52. The zero-order valence-corrected chi connectivity index (χ0v) is 7.76. The van der Waals surface area contributed by atoms with E-state index in [9.17, 15) is 0 Å². The lowest BCUT2D eigenvalue weighted by atomic mass is 9.85. The molecule has 0 aromatic carbocycles. The average Bonchev–Trinajstić information content (AvgIpc) is 1.88. The molecule has 0 rings (SSSR count). The van der Waals surface area contributed by atoms with Crippen molar-refractivity contribution in [3.8, 4) is 6.07 Å². The van der Waals surface area contributed by atoms with E-state index in [1.165, 1.54) is 0 Å². The molecule has 0 amide bonds. The summed E-state index contributed by atoms with van der Waals surface area (Å²) in [6.45, 7) is 7.72. The lowest BCUT2D eigenvalue weighted by Gasteiger charge is -2.30. The quantitative estimate of drug-likeness (QED) is 0.575. The maximum Gasteiger partial charge on any atom is 0.106 e. The van der Waals surface area contributed by atoms with E-state index in [0.717, 1.165) is 0 Å². The van der Waals surface area contributed by atoms with Gasteiger partial charge in [-0.2, -0.15) is 5.26 Å². The molecule has 0 heterocycles. The predicted octanol–water partition coefficient (Wildman–Crippen LogP) is 1.65. The van der Waals surface area contributed by atoms with Gasteiger partial charge in [0.1, 0.15) is 6.04 Å². The minimum Gasteiger partial charge on any atom is -0.294 e. The minimum absolute atomic E-state index is 0.0972. The summed E-state index contributed by atoms with van der Waals surface area (Å²) in [7, 11) is 3.80. The van der Waals surface area contributed by atoms with Crippen molar-refractivity contribution in [2.24, 2.45) is 5.41 Å². The Morgan fingerprint density at radius 1 is 1.55 bits per heavy atom. The molecule has 0 aliphatic heterocycles. The maximum absolute atomic E-state index is 8.82. The summed E-state index contributed by atoms with van der Waals surface area (Å²) < 4.78 is 0. The van der Waals surface area contributed by atoms with E-state index in [1.54, 1.807) is 0 Å². The van der Waals surface area contributed by atoms with Gasteiger partial charge in [0, 0.05) is 5.41 Å². The summed E-state index contributed by atoms with van der Waals surface area (Å²) in [4.78, 5) is 1.90. The van der Waals surface area contributed by atoms with Crippen LogP contribution in [0, 0.1) is 16.7 Å². The molecule has 0 radical (unpaired) electrons. The molecule has 62 valence electrons. The van der Waals surface area contributed by atoms with Crippen molar-refractivity contribution in [1.29, 1.82) is 5.26 Å². The van der Waals surface area contributed by atoms with Gasteiger partial charge in [-0.05, 0) is 14.1 Å². The van der Waals surface area contributed by atoms with Gasteiger partial charge in [0.15, 0.2) is 0 Å². The van der Waals surface area contributed by atoms with Gasteiger partial charge in [0.2, 0.25) is 0 Å². The van der Waals surface area contributed by atoms with E-state index in [1.807, 2.05) is 38.9 Å². The largest absolute Gasteiger partial charge is 0.294 e. The fourth-order valence-electron chi connectivity index (χ4n) is 1.06. The van der Waals surface area contributed by atoms with Crippen molar-refractivity contribution in [1.82, 2.24) is 4.90 Å². The van der Waals surface area contributed by atoms with Crippen molar-refractivity contribution < 1.29 is 0 Å². The Bertz CT molecular complexity index is 174. The van der Waals surface area contributed by atoms with Crippen molar-refractivity contribution in [2.75, 3.05) is 14.1 Å². The van der Waals surface area contributed by atoms with Crippen LogP contribution < -0.4 is 0 Å². The standard InChI is InChI=1S/C9H16N2/c1-6-9(2,3)8(7-10)11(4)5/h6,8H,1H2,2-5H3. The highest BCUT2D eigenvalue weighted by Crippen LogP contribution is 2.24. The lowest BCUT2D eigenvalue weighted by molar-refractivity contribution is 0.229. The Morgan fingerprint density at radius 3 is 2.09 bits per heavy atom. The number of nitriles is 1. The predicted molar refractivity (Wildman–Crippen MR) is 47.1 cm³/mol. The molecule has 0 spiro atoms. The van der Waals surface area contributed by atoms with Crippen LogP contribution in [0.4, 0.5) is 0 Å². The van der Waals surface area contributed by atoms with Crippen molar-refractivity contribution in [3.63, 3.8) is 0 Å². The first-order valence-electron chi connectivity index (χ1n) is 3.65. The first-order chi connectivity index (χ1) is 4.95. The first-order valence-corrected chi connectivity index (χ1v) is 3.65. The second-order valence-electron chi connectivity index (χ2n) is 3.52. The molecule has 0 N–H and O–H groups in total. The Kier molecular flexibility index (Phi) is 3.28. The zero-order chi connectivity index (χ0) is 9.07. The summed E-state index contributed by atoms with van der Waals surface area (Å²) in [5.41, 5.74) is -0.141. The van der Waals surface area contributed by atoms with Crippen LogP contribution in [-0.2, 0) is 0 Å². The summed E-state index contributed by atoms with van der Waals surface area (Å²) in [5.74, 6) is 0. The number of nitrogens with zero attached hydrogens (tertiary/aromatic N) is 2. The molecule has 0 saturated heterocycles. The van der Waals surface area contributed by atoms with Crippen LogP contribution in [0.15, 0.2) is 12.7 Å². The Hall–Kier alpha value is -0.810. The third-order valence-corrected chi connectivity index (χ3v) is 1.87. The number of hydrogen-bond acceptors (Lipinski definition) is 2. The smallest absolute Gasteiger partial charge is 0.106 e. The van der Waals surface area contributed by atoms with E-state index >= 15 is 0 Å². The van der Waals surface area contributed by atoms with E-state index < -0.39 is 0 Å². The molecule has 11 heavy (non-hydrogen) atoms. The van der Waals surface area contributed by atoms with E-state index in [4.69, 9.17) is 5.26 Å². The van der Waals surface area contributed by atoms with Crippen LogP contribution in [0.1, 0.15) is 13.8 Å². The molecule has 0 aliphatic rings. The molecule has 0 saturated carbocycles. The Labute approximate surface area is 69.1 Å². The number of hydrogen-bond donors (Lipinski definition) is 0. The molecule has 2 heteroatoms. The van der Waals surface area contributed by atoms with Gasteiger partial charge in [0.05, 0.1) is 6.07 Å². The van der Waals surface area contributed by atoms with Gasteiger partial charge < -0.3 is 0 Å². The third-order valence-electron chi connectivity index (χ3n) is 1.87. The van der Waals surface area contributed by atoms with Gasteiger partial charge in [-0.15, -0.1) is 6.58 Å². The molecule has 0 bridgehead atoms. The van der Waals surface area contributed by atoms with Gasteiger partial charge in [-0.25, -0.2) is 0 Å². The monoisotopic (exact) mass is 152 g/mol. The Morgan fingerprint density at radius 2 is 2.00 bits per heavy atom. The van der Waals surface area contributed by atoms with Crippen LogP contribution >= 0.6 is 0 Å². The molecule has 0 aliphatic carbocycles. The third kappa shape index (κ3) is 2.36. The molecule has 1 unspecified atom stereocenters. The summed E-state index contributed by atoms with van der Waals surface area (Å²) in [5, 5.41) is 8.82. The van der Waals surface area contributed by atoms with Crippen molar-refractivity contribution in [2.45, 2.75) is 19.9 Å². The fraction of sp³-hybridized carbons (Fsp3) is 0.667. The van der Waals surface area contributed by atoms with Crippen molar-refractivity contribution >= 4 is 0 Å². The lowest BCUT2D eigenvalue weighted by Crippen LogP contribution is -2.38. The normalized spacial score (nSPS) is 14.2. The van der Waals surface area contributed by atoms with Crippen LogP contribution in [0.25, 0.3) is 0 Å². The van der Waals surface area contributed by atoms with E-state index in [0.29, 0.717) is 0 Å². The van der Waals surface area contributed by atoms with Gasteiger partial charge in [-0.3, -0.25) is 4.90 Å². The highest BCUT2D eigenvalue weighted by atomic mass is 15.1. The van der Waals surface area contributed by atoms with Crippen molar-refractivity contribution in [3.05, 3.63) is 12.7 Å². The van der Waals surface area contributed by atoms with Crippen LogP contribution in [-0.4, -0.2) is 25.0 Å². The van der Waals surface area contributed by atoms with Gasteiger partial charge in [0.25, 0.3) is 0 Å². The van der Waals surface area contributed by atoms with Crippen LogP contribution in [0.3, 0.4) is 0 Å². The molecule has 1 atom stereocenters. The molecular formula is C9H16N2. The van der Waals surface area contributed by atoms with E-state index in [2.05, 4.69) is 12.6 Å². The van der Waals surface area contributed by atoms with Gasteiger partial charge in [-0.1, -0.05) is 19.9 Å². The summed E-state index contributed by atoms with van der Waals surface area (Å²) in [6.07, 6.45) is 1.82. The molecule has 0 aromatic rings. The second kappa shape index (κ2) is 3.54. The fourth-order valence-corrected chi connectivity index (χ4v) is 1.06. The molecular weight excluding hydrogens is 136 g/mol. The van der Waals surface area contributed by atoms with E-state index in [-0.39, 0.29) is 11.5 Å². The first kappa shape index (κ1) is 10.2. The average molecular weight is 152 g/mol. The summed E-state index contributed by atoms with van der Waals surface area (Å²) >= 11 is 0. The summed E-state index contributed by atoms with van der Waals surface area (Å²) in [6, 6.07) is 2.15. The maximum atomic E-state index is 8.82. The van der Waals surface area contributed by atoms with Gasteiger partial charge >= 0.3 is 0 Å². The topological polar surface area (TPSA) is 27.0 Å². The minimum atomic E-state index is -0.141. The zero-order valence-electron chi connectivity index (χ0n) is 7.76. The molecule has 0 aromatic heterocycles. The highest BCUT2D eigenvalue weighted by molar-refractivity contribution is 5.07. The van der Waals surface area contributed by atoms with Crippen LogP contribution in [0.5, 0.6) is 0 Å². The molecule has 0 fully saturated rings. The molecule has 2 nitrogen and oxygen atoms in total. The SMILES string of the molecule is C=CC(C)(C)C(C#N)N(C)C. The highest BCUT2D eigenvalue weighted by Gasteiger charge is 2.27. The second-order valence-corrected chi connectivity index (χ2v) is 3.52. The van der Waals surface area contributed by atoms with Crippen LogP contribution in [0.2, 0.25) is 0 Å².